The van der Waals surface area contributed by atoms with Crippen LogP contribution in [-0.4, -0.2) is 113 Å². The largest absolute Gasteiger partial charge is 0.490 e. The molecule has 0 spiro atoms. The van der Waals surface area contributed by atoms with Crippen molar-refractivity contribution >= 4 is 29.3 Å². The summed E-state index contributed by atoms with van der Waals surface area (Å²) < 4.78 is 97.3. The molecule has 1 atom stereocenters. The van der Waals surface area contributed by atoms with Crippen LogP contribution in [0.1, 0.15) is 22.1 Å². The fraction of sp³-hybridized carbons (Fsp3) is 0.276. The lowest BCUT2D eigenvalue weighted by Gasteiger charge is -2.38. The first-order valence-electron chi connectivity index (χ1n) is 13.7. The van der Waals surface area contributed by atoms with Crippen molar-refractivity contribution in [3.8, 4) is 11.1 Å². The fourth-order valence-corrected chi connectivity index (χ4v) is 4.01. The number of likely N-dealkylation sites (N-methyl/N-ethyl adjacent to an activating group) is 1. The number of rotatable bonds is 3. The number of amides is 1. The molecule has 5 heterocycles. The Morgan fingerprint density at radius 2 is 1.25 bits per heavy atom. The lowest BCUT2D eigenvalue weighted by Crippen LogP contribution is -2.49. The maximum Gasteiger partial charge on any atom is 0.490 e. The smallest absolute Gasteiger partial charge is 0.475 e. The van der Waals surface area contributed by atoms with Gasteiger partial charge in [0.05, 0.1) is 23.6 Å². The molecule has 1 aliphatic heterocycles. The summed E-state index contributed by atoms with van der Waals surface area (Å²) in [5, 5.41) is 21.4. The number of carbonyl (C=O) groups is 4. The lowest BCUT2D eigenvalue weighted by molar-refractivity contribution is -0.193. The monoisotopic (exact) mass is 740 g/mol. The minimum Gasteiger partial charge on any atom is -0.475 e. The molecule has 0 aromatic carbocycles. The lowest BCUT2D eigenvalue weighted by atomic mass is 10.1. The van der Waals surface area contributed by atoms with E-state index >= 15 is 0 Å². The summed E-state index contributed by atoms with van der Waals surface area (Å²) in [6, 6.07) is 11.7. The molecule has 0 aliphatic carbocycles. The van der Waals surface area contributed by atoms with Gasteiger partial charge in [-0.2, -0.15) is 39.5 Å². The Labute approximate surface area is 280 Å². The molecular formula is C29H25F9N6O7. The Morgan fingerprint density at radius 3 is 1.73 bits per heavy atom. The zero-order chi connectivity index (χ0) is 38.7. The van der Waals surface area contributed by atoms with Crippen LogP contribution in [0.2, 0.25) is 0 Å². The van der Waals surface area contributed by atoms with Gasteiger partial charge in [0.25, 0.3) is 5.91 Å². The van der Waals surface area contributed by atoms with E-state index in [1.807, 2.05) is 29.6 Å². The van der Waals surface area contributed by atoms with Crippen molar-refractivity contribution in [3.63, 3.8) is 0 Å². The normalized spacial score (nSPS) is 14.9. The van der Waals surface area contributed by atoms with Crippen LogP contribution in [0.5, 0.6) is 0 Å². The van der Waals surface area contributed by atoms with E-state index in [1.54, 1.807) is 30.7 Å². The number of fused-ring (bicyclic) bond motifs is 1. The quantitative estimate of drug-likeness (QED) is 0.245. The molecule has 1 amide bonds. The standard InChI is InChI=1S/C23H22N6O.3C2HF3O2/c1-27-11-12-28(23(30)17-6-9-24-10-7-17)15-21(27)22-20-5-4-19(14-29(20)16-26-22)18-3-2-8-25-13-18;3*3-2(4,5)1(6)7/h2-10,13-14,16,21H,11-12,15H2,1H3;3*(H,6,7). The van der Waals surface area contributed by atoms with Gasteiger partial charge < -0.3 is 24.6 Å². The molecule has 51 heavy (non-hydrogen) atoms. The maximum atomic E-state index is 12.9. The SMILES string of the molecule is CN1CCN(C(=O)c2ccncc2)CC1c1ncn2cc(-c3cccnc3)ccc12.O=C(O)C(F)(F)F.O=C(O)C(F)(F)F.O=C(O)C(F)(F)F. The first kappa shape index (κ1) is 41.4. The third kappa shape index (κ3) is 12.5. The van der Waals surface area contributed by atoms with Gasteiger partial charge in [-0.1, -0.05) is 12.1 Å². The number of alkyl halides is 9. The van der Waals surface area contributed by atoms with Gasteiger partial charge in [-0.15, -0.1) is 0 Å². The highest BCUT2D eigenvalue weighted by molar-refractivity contribution is 5.94. The molecule has 0 bridgehead atoms. The Hall–Kier alpha value is -5.80. The molecule has 1 unspecified atom stereocenters. The second kappa shape index (κ2) is 17.2. The van der Waals surface area contributed by atoms with Gasteiger partial charge in [0.1, 0.15) is 0 Å². The van der Waals surface area contributed by atoms with Crippen LogP contribution in [-0.2, 0) is 14.4 Å². The van der Waals surface area contributed by atoms with E-state index in [9.17, 15) is 44.3 Å². The van der Waals surface area contributed by atoms with Gasteiger partial charge in [-0.05, 0) is 36.9 Å². The van der Waals surface area contributed by atoms with E-state index in [2.05, 4.69) is 44.6 Å². The summed E-state index contributed by atoms with van der Waals surface area (Å²) in [6.45, 7) is 2.11. The molecule has 1 saturated heterocycles. The van der Waals surface area contributed by atoms with Crippen LogP contribution in [0.3, 0.4) is 0 Å². The zero-order valence-corrected chi connectivity index (χ0v) is 25.7. The second-order valence-electron chi connectivity index (χ2n) is 9.97. The van der Waals surface area contributed by atoms with Crippen LogP contribution < -0.4 is 0 Å². The first-order valence-corrected chi connectivity index (χ1v) is 13.7. The maximum absolute atomic E-state index is 12.9. The highest BCUT2D eigenvalue weighted by Gasteiger charge is 2.39. The second-order valence-corrected chi connectivity index (χ2v) is 9.97. The Morgan fingerprint density at radius 1 is 0.725 bits per heavy atom. The van der Waals surface area contributed by atoms with Gasteiger partial charge >= 0.3 is 36.4 Å². The fourth-order valence-electron chi connectivity index (χ4n) is 4.01. The molecule has 1 aliphatic rings. The molecule has 3 N–H and O–H groups in total. The van der Waals surface area contributed by atoms with Crippen molar-refractivity contribution in [1.29, 1.82) is 0 Å². The number of carbonyl (C=O) groups excluding carboxylic acids is 1. The van der Waals surface area contributed by atoms with Crippen molar-refractivity contribution in [2.24, 2.45) is 0 Å². The summed E-state index contributed by atoms with van der Waals surface area (Å²) in [7, 11) is 2.09. The number of aromatic nitrogens is 4. The number of imidazole rings is 1. The summed E-state index contributed by atoms with van der Waals surface area (Å²) >= 11 is 0. The highest BCUT2D eigenvalue weighted by Crippen LogP contribution is 2.29. The van der Waals surface area contributed by atoms with Crippen molar-refractivity contribution in [3.05, 3.63) is 85.0 Å². The van der Waals surface area contributed by atoms with Crippen LogP contribution in [0.25, 0.3) is 16.6 Å². The number of hydrogen-bond acceptors (Lipinski definition) is 8. The van der Waals surface area contributed by atoms with Crippen LogP contribution in [0.4, 0.5) is 39.5 Å². The number of hydrogen-bond donors (Lipinski definition) is 3. The van der Waals surface area contributed by atoms with E-state index in [-0.39, 0.29) is 11.9 Å². The van der Waals surface area contributed by atoms with E-state index in [0.29, 0.717) is 18.7 Å². The number of nitrogens with zero attached hydrogens (tertiary/aromatic N) is 6. The topological polar surface area (TPSA) is 179 Å². The minimum atomic E-state index is -5.08. The molecule has 22 heteroatoms. The van der Waals surface area contributed by atoms with Gasteiger partial charge in [-0.25, -0.2) is 19.4 Å². The average molecular weight is 741 g/mol. The number of aliphatic carboxylic acids is 3. The predicted octanol–water partition coefficient (Wildman–Crippen LogP) is 4.82. The van der Waals surface area contributed by atoms with E-state index in [0.717, 1.165) is 28.9 Å². The first-order chi connectivity index (χ1) is 23.5. The summed E-state index contributed by atoms with van der Waals surface area (Å²) in [4.78, 5) is 56.7. The Kier molecular flexibility index (Phi) is 14.0. The molecule has 13 nitrogen and oxygen atoms in total. The summed E-state index contributed by atoms with van der Waals surface area (Å²) in [5.74, 6) is -8.23. The van der Waals surface area contributed by atoms with Crippen molar-refractivity contribution in [2.45, 2.75) is 24.6 Å². The van der Waals surface area contributed by atoms with Crippen molar-refractivity contribution in [1.82, 2.24) is 29.2 Å². The van der Waals surface area contributed by atoms with Gasteiger partial charge in [0, 0.05) is 61.7 Å². The number of carboxylic acid groups (broad SMARTS) is 3. The predicted molar refractivity (Wildman–Crippen MR) is 155 cm³/mol. The number of halogens is 9. The van der Waals surface area contributed by atoms with Crippen molar-refractivity contribution in [2.75, 3.05) is 26.7 Å². The zero-order valence-electron chi connectivity index (χ0n) is 25.7. The van der Waals surface area contributed by atoms with Crippen LogP contribution in [0, 0.1) is 0 Å². The molecule has 4 aromatic rings. The summed E-state index contributed by atoms with van der Waals surface area (Å²) in [5.41, 5.74) is 4.87. The van der Waals surface area contributed by atoms with E-state index in [4.69, 9.17) is 34.7 Å². The molecule has 4 aromatic heterocycles. The molecule has 5 rings (SSSR count). The third-order valence-electron chi connectivity index (χ3n) is 6.46. The van der Waals surface area contributed by atoms with Gasteiger partial charge in [0.2, 0.25) is 0 Å². The van der Waals surface area contributed by atoms with E-state index in [1.165, 1.54) is 0 Å². The molecule has 1 fully saturated rings. The molecule has 276 valence electrons. The van der Waals surface area contributed by atoms with Crippen molar-refractivity contribution < 1.29 is 74.0 Å². The molecular weight excluding hydrogens is 715 g/mol. The third-order valence-corrected chi connectivity index (χ3v) is 6.46. The van der Waals surface area contributed by atoms with Gasteiger partial charge in [0.15, 0.2) is 0 Å². The van der Waals surface area contributed by atoms with E-state index < -0.39 is 36.4 Å². The highest BCUT2D eigenvalue weighted by atomic mass is 19.4. The number of pyridine rings is 3. The molecule has 0 radical (unpaired) electrons. The average Bonchev–Trinajstić information content (AvgIpc) is 3.48. The van der Waals surface area contributed by atoms with Crippen LogP contribution >= 0.6 is 0 Å². The number of piperazine rings is 1. The Balaban J connectivity index is 0.000000352. The Bertz CT molecular complexity index is 1730. The van der Waals surface area contributed by atoms with Crippen LogP contribution in [0.15, 0.2) is 73.7 Å². The summed E-state index contributed by atoms with van der Waals surface area (Å²) in [6.07, 6.45) is -4.38. The van der Waals surface area contributed by atoms with Gasteiger partial charge in [-0.3, -0.25) is 19.7 Å². The number of carboxylic acids is 3. The minimum absolute atomic E-state index is 0.0397. The molecule has 0 saturated carbocycles.